The molecule has 0 aromatic heterocycles. The third-order valence-electron chi connectivity index (χ3n) is 2.06. The quantitative estimate of drug-likeness (QED) is 0.658. The van der Waals surface area contributed by atoms with E-state index in [0.717, 1.165) is 18.2 Å². The van der Waals surface area contributed by atoms with Gasteiger partial charge < -0.3 is 4.74 Å². The lowest BCUT2D eigenvalue weighted by atomic mass is 10.1. The van der Waals surface area contributed by atoms with E-state index in [0.29, 0.717) is 11.4 Å². The van der Waals surface area contributed by atoms with Gasteiger partial charge in [0.2, 0.25) is 0 Å². The molecule has 1 aliphatic rings. The fourth-order valence-electron chi connectivity index (χ4n) is 1.25. The first-order valence-electron chi connectivity index (χ1n) is 4.62. The Morgan fingerprint density at radius 3 is 3.00 bits per heavy atom. The molecule has 0 aromatic carbocycles. The van der Waals surface area contributed by atoms with Crippen molar-refractivity contribution in [2.24, 2.45) is 0 Å². The average molecular weight is 209 g/mol. The summed E-state index contributed by atoms with van der Waals surface area (Å²) >= 11 is 7.63. The molecule has 1 aliphatic heterocycles. The highest BCUT2D eigenvalue weighted by molar-refractivity contribution is 8.00. The van der Waals surface area contributed by atoms with E-state index >= 15 is 0 Å². The van der Waals surface area contributed by atoms with E-state index in [4.69, 9.17) is 16.3 Å². The topological polar surface area (TPSA) is 9.23 Å². The summed E-state index contributed by atoms with van der Waals surface area (Å²) in [6.45, 7) is 3.13. The van der Waals surface area contributed by atoms with Crippen LogP contribution in [-0.4, -0.2) is 29.6 Å². The summed E-state index contributed by atoms with van der Waals surface area (Å²) in [4.78, 5) is 0. The van der Waals surface area contributed by atoms with Gasteiger partial charge in [0.1, 0.15) is 0 Å². The predicted molar refractivity (Wildman–Crippen MR) is 56.2 cm³/mol. The summed E-state index contributed by atoms with van der Waals surface area (Å²) < 4.78 is 5.61. The van der Waals surface area contributed by atoms with Crippen molar-refractivity contribution in [1.29, 1.82) is 0 Å². The van der Waals surface area contributed by atoms with Crippen LogP contribution in [0.5, 0.6) is 0 Å². The van der Waals surface area contributed by atoms with Crippen LogP contribution in [-0.2, 0) is 4.74 Å². The fourth-order valence-corrected chi connectivity index (χ4v) is 2.42. The van der Waals surface area contributed by atoms with E-state index in [-0.39, 0.29) is 0 Å². The monoisotopic (exact) mass is 208 g/mol. The van der Waals surface area contributed by atoms with E-state index in [1.807, 2.05) is 11.8 Å². The van der Waals surface area contributed by atoms with E-state index < -0.39 is 0 Å². The molecule has 3 heteroatoms. The highest BCUT2D eigenvalue weighted by Gasteiger charge is 2.14. The zero-order chi connectivity index (χ0) is 8.81. The summed E-state index contributed by atoms with van der Waals surface area (Å²) in [5, 5.41) is 0.567. The number of hydrogen-bond acceptors (Lipinski definition) is 2. The first-order valence-corrected chi connectivity index (χ1v) is 6.20. The molecule has 12 heavy (non-hydrogen) atoms. The van der Waals surface area contributed by atoms with Crippen molar-refractivity contribution in [2.75, 3.05) is 18.2 Å². The molecule has 1 saturated heterocycles. The van der Waals surface area contributed by atoms with E-state index in [9.17, 15) is 0 Å². The summed E-state index contributed by atoms with van der Waals surface area (Å²) in [7, 11) is 0. The normalized spacial score (nSPS) is 27.0. The molecule has 0 amide bonds. The van der Waals surface area contributed by atoms with E-state index in [2.05, 4.69) is 6.92 Å². The molecule has 1 fully saturated rings. The molecule has 1 nitrogen and oxygen atoms in total. The van der Waals surface area contributed by atoms with Gasteiger partial charge in [0.15, 0.2) is 0 Å². The van der Waals surface area contributed by atoms with Crippen LogP contribution in [0.4, 0.5) is 0 Å². The van der Waals surface area contributed by atoms with Crippen LogP contribution in [0.3, 0.4) is 0 Å². The van der Waals surface area contributed by atoms with Gasteiger partial charge in [-0.1, -0.05) is 6.92 Å². The molecular formula is C9H17ClOS. The number of halogens is 1. The maximum atomic E-state index is 5.71. The standard InChI is InChI=1S/C9H17ClOS/c1-8(6-10)12-7-9-4-2-3-5-11-9/h8-9H,2-7H2,1H3. The number of ether oxygens (including phenoxy) is 1. The lowest BCUT2D eigenvalue weighted by Crippen LogP contribution is -2.22. The molecule has 0 spiro atoms. The molecule has 0 bridgehead atoms. The van der Waals surface area contributed by atoms with Gasteiger partial charge in [0.05, 0.1) is 6.10 Å². The molecule has 1 heterocycles. The third-order valence-corrected chi connectivity index (χ3v) is 4.00. The van der Waals surface area contributed by atoms with Gasteiger partial charge in [0.25, 0.3) is 0 Å². The van der Waals surface area contributed by atoms with Crippen LogP contribution in [0.25, 0.3) is 0 Å². The molecular weight excluding hydrogens is 192 g/mol. The lowest BCUT2D eigenvalue weighted by Gasteiger charge is -2.23. The minimum atomic E-state index is 0.495. The Balaban J connectivity index is 2.05. The Labute approximate surface area is 84.2 Å². The van der Waals surface area contributed by atoms with Gasteiger partial charge in [-0.15, -0.1) is 11.6 Å². The van der Waals surface area contributed by atoms with Crippen molar-refractivity contribution in [2.45, 2.75) is 37.5 Å². The zero-order valence-electron chi connectivity index (χ0n) is 7.59. The van der Waals surface area contributed by atoms with Crippen LogP contribution in [0.15, 0.2) is 0 Å². The van der Waals surface area contributed by atoms with Gasteiger partial charge in [-0.05, 0) is 19.3 Å². The van der Waals surface area contributed by atoms with Crippen molar-refractivity contribution in [3.8, 4) is 0 Å². The summed E-state index contributed by atoms with van der Waals surface area (Å²) in [5.41, 5.74) is 0. The largest absolute Gasteiger partial charge is 0.377 e. The fraction of sp³-hybridized carbons (Fsp3) is 1.00. The molecule has 0 aliphatic carbocycles. The molecule has 0 saturated carbocycles. The minimum Gasteiger partial charge on any atom is -0.377 e. The number of alkyl halides is 1. The Hall–Kier alpha value is 0.600. The zero-order valence-corrected chi connectivity index (χ0v) is 9.16. The Bertz CT molecular complexity index is 115. The Morgan fingerprint density at radius 1 is 1.58 bits per heavy atom. The maximum absolute atomic E-state index is 5.71. The SMILES string of the molecule is CC(CCl)SCC1CCCCO1. The molecule has 2 unspecified atom stereocenters. The minimum absolute atomic E-state index is 0.495. The van der Waals surface area contributed by atoms with Gasteiger partial charge >= 0.3 is 0 Å². The van der Waals surface area contributed by atoms with Crippen molar-refractivity contribution >= 4 is 23.4 Å². The number of hydrogen-bond donors (Lipinski definition) is 0. The van der Waals surface area contributed by atoms with Gasteiger partial charge in [-0.25, -0.2) is 0 Å². The van der Waals surface area contributed by atoms with Gasteiger partial charge in [0, 0.05) is 23.5 Å². The van der Waals surface area contributed by atoms with Crippen LogP contribution >= 0.6 is 23.4 Å². The maximum Gasteiger partial charge on any atom is 0.0665 e. The summed E-state index contributed by atoms with van der Waals surface area (Å²) in [6.07, 6.45) is 4.31. The summed E-state index contributed by atoms with van der Waals surface area (Å²) in [5.74, 6) is 1.87. The second kappa shape index (κ2) is 6.11. The van der Waals surface area contributed by atoms with Crippen LogP contribution < -0.4 is 0 Å². The van der Waals surface area contributed by atoms with E-state index in [1.54, 1.807) is 0 Å². The first kappa shape index (κ1) is 10.7. The highest BCUT2D eigenvalue weighted by atomic mass is 35.5. The predicted octanol–water partition coefficient (Wildman–Crippen LogP) is 2.92. The number of rotatable bonds is 4. The highest BCUT2D eigenvalue weighted by Crippen LogP contribution is 2.20. The third kappa shape index (κ3) is 4.01. The second-order valence-corrected chi connectivity index (χ2v) is 5.07. The van der Waals surface area contributed by atoms with Crippen molar-refractivity contribution in [1.82, 2.24) is 0 Å². The molecule has 0 aromatic rings. The second-order valence-electron chi connectivity index (χ2n) is 3.29. The van der Waals surface area contributed by atoms with Crippen molar-refractivity contribution in [3.63, 3.8) is 0 Å². The molecule has 72 valence electrons. The Morgan fingerprint density at radius 2 is 2.42 bits per heavy atom. The number of thioether (sulfide) groups is 1. The average Bonchev–Trinajstić information content (AvgIpc) is 2.16. The molecule has 0 N–H and O–H groups in total. The Kier molecular flexibility index (Phi) is 5.44. The van der Waals surface area contributed by atoms with Gasteiger partial charge in [-0.3, -0.25) is 0 Å². The van der Waals surface area contributed by atoms with Gasteiger partial charge in [-0.2, -0.15) is 11.8 Å². The first-order chi connectivity index (χ1) is 5.83. The van der Waals surface area contributed by atoms with Crippen molar-refractivity contribution in [3.05, 3.63) is 0 Å². The smallest absolute Gasteiger partial charge is 0.0665 e. The van der Waals surface area contributed by atoms with Crippen LogP contribution in [0, 0.1) is 0 Å². The summed E-state index contributed by atoms with van der Waals surface area (Å²) in [6, 6.07) is 0. The van der Waals surface area contributed by atoms with Crippen LogP contribution in [0.2, 0.25) is 0 Å². The molecule has 2 atom stereocenters. The molecule has 1 rings (SSSR count). The lowest BCUT2D eigenvalue weighted by molar-refractivity contribution is 0.0315. The van der Waals surface area contributed by atoms with E-state index in [1.165, 1.54) is 19.3 Å². The van der Waals surface area contributed by atoms with Crippen molar-refractivity contribution < 1.29 is 4.74 Å². The molecule has 0 radical (unpaired) electrons. The van der Waals surface area contributed by atoms with Crippen LogP contribution in [0.1, 0.15) is 26.2 Å².